The van der Waals surface area contributed by atoms with Crippen LogP contribution in [0.3, 0.4) is 0 Å². The van der Waals surface area contributed by atoms with Crippen LogP contribution in [0.15, 0.2) is 11.6 Å². The number of hydrogen-bond acceptors (Lipinski definition) is 3. The van der Waals surface area contributed by atoms with Crippen LogP contribution < -0.4 is 0 Å². The van der Waals surface area contributed by atoms with Gasteiger partial charge in [-0.3, -0.25) is 0 Å². The first kappa shape index (κ1) is 28.0. The molecule has 0 aromatic carbocycles. The predicted octanol–water partition coefficient (Wildman–Crippen LogP) is 9.60. The number of allylic oxidation sites excluding steroid dienone is 1. The third-order valence-corrected chi connectivity index (χ3v) is 11.4. The number of fused-ring (bicyclic) bond motifs is 5. The first-order valence-electron chi connectivity index (χ1n) is 15.6. The van der Waals surface area contributed by atoms with Crippen LogP contribution in [0, 0.1) is 52.3 Å². The summed E-state index contributed by atoms with van der Waals surface area (Å²) >= 11 is 0. The van der Waals surface area contributed by atoms with Crippen molar-refractivity contribution in [2.24, 2.45) is 52.3 Å². The highest BCUT2D eigenvalue weighted by molar-refractivity contribution is 5.60. The zero-order valence-electron chi connectivity index (χ0n) is 24.6. The van der Waals surface area contributed by atoms with Gasteiger partial charge in [0, 0.05) is 6.42 Å². The number of hydrogen-bond donors (Lipinski definition) is 0. The van der Waals surface area contributed by atoms with E-state index in [9.17, 15) is 4.79 Å². The van der Waals surface area contributed by atoms with Crippen molar-refractivity contribution in [3.8, 4) is 0 Å². The molecule has 4 rings (SSSR count). The number of carbonyl (C=O) groups excluding carboxylic acids is 1. The molecule has 3 heteroatoms. The summed E-state index contributed by atoms with van der Waals surface area (Å²) in [7, 11) is 0. The Balaban J connectivity index is 1.37. The second-order valence-electron chi connectivity index (χ2n) is 14.6. The van der Waals surface area contributed by atoms with Gasteiger partial charge in [-0.05, 0) is 104 Å². The van der Waals surface area contributed by atoms with Crippen molar-refractivity contribution in [3.05, 3.63) is 11.6 Å². The van der Waals surface area contributed by atoms with E-state index in [1.807, 2.05) is 0 Å². The zero-order valence-corrected chi connectivity index (χ0v) is 24.6. The van der Waals surface area contributed by atoms with Crippen LogP contribution in [0.1, 0.15) is 126 Å². The minimum Gasteiger partial charge on any atom is -0.434 e. The minimum absolute atomic E-state index is 0.0103. The summed E-state index contributed by atoms with van der Waals surface area (Å²) in [6.07, 6.45) is 17.2. The molecule has 0 aromatic heterocycles. The molecule has 206 valence electrons. The van der Waals surface area contributed by atoms with Gasteiger partial charge in [0.25, 0.3) is 0 Å². The lowest BCUT2D eigenvalue weighted by molar-refractivity contribution is -0.0618. The summed E-state index contributed by atoms with van der Waals surface area (Å²) in [4.78, 5) is 12.2. The normalized spacial score (nSPS) is 38.7. The maximum Gasteiger partial charge on any atom is 0.508 e. The van der Waals surface area contributed by atoms with Crippen LogP contribution in [-0.2, 0) is 9.47 Å². The van der Waals surface area contributed by atoms with Crippen LogP contribution in [0.25, 0.3) is 0 Å². The molecule has 36 heavy (non-hydrogen) atoms. The third kappa shape index (κ3) is 5.70. The molecule has 8 atom stereocenters. The van der Waals surface area contributed by atoms with E-state index in [1.165, 1.54) is 51.4 Å². The Kier molecular flexibility index (Phi) is 8.88. The van der Waals surface area contributed by atoms with E-state index in [4.69, 9.17) is 9.47 Å². The maximum atomic E-state index is 12.2. The average Bonchev–Trinajstić information content (AvgIpc) is 3.16. The van der Waals surface area contributed by atoms with E-state index < -0.39 is 6.16 Å². The highest BCUT2D eigenvalue weighted by atomic mass is 16.7. The molecule has 0 N–H and O–H groups in total. The van der Waals surface area contributed by atoms with Gasteiger partial charge >= 0.3 is 6.16 Å². The molecule has 0 aliphatic heterocycles. The summed E-state index contributed by atoms with van der Waals surface area (Å²) < 4.78 is 11.1. The predicted molar refractivity (Wildman–Crippen MR) is 149 cm³/mol. The van der Waals surface area contributed by atoms with Crippen LogP contribution >= 0.6 is 0 Å². The second-order valence-corrected chi connectivity index (χ2v) is 14.6. The Labute approximate surface area is 222 Å². The smallest absolute Gasteiger partial charge is 0.434 e. The fourth-order valence-electron chi connectivity index (χ4n) is 9.30. The van der Waals surface area contributed by atoms with Crippen LogP contribution in [0.5, 0.6) is 0 Å². The van der Waals surface area contributed by atoms with Gasteiger partial charge in [-0.15, -0.1) is 0 Å². The first-order chi connectivity index (χ1) is 17.0. The highest BCUT2D eigenvalue weighted by Crippen LogP contribution is 2.67. The molecule has 0 radical (unpaired) electrons. The molecule has 0 heterocycles. The lowest BCUT2D eigenvalue weighted by Crippen LogP contribution is -2.51. The van der Waals surface area contributed by atoms with Gasteiger partial charge in [-0.1, -0.05) is 79.4 Å². The average molecular weight is 501 g/mol. The molecular weight excluding hydrogens is 444 g/mol. The Hall–Kier alpha value is -0.990. The van der Waals surface area contributed by atoms with Gasteiger partial charge in [0.2, 0.25) is 0 Å². The van der Waals surface area contributed by atoms with Gasteiger partial charge in [0.1, 0.15) is 6.10 Å². The monoisotopic (exact) mass is 500 g/mol. The Morgan fingerprint density at radius 2 is 1.69 bits per heavy atom. The molecule has 3 fully saturated rings. The molecule has 0 aromatic rings. The van der Waals surface area contributed by atoms with Crippen molar-refractivity contribution in [2.45, 2.75) is 132 Å². The van der Waals surface area contributed by atoms with E-state index in [0.29, 0.717) is 23.4 Å². The lowest BCUT2D eigenvalue weighted by Gasteiger charge is -2.58. The summed E-state index contributed by atoms with van der Waals surface area (Å²) in [6.45, 7) is 17.3. The van der Waals surface area contributed by atoms with Gasteiger partial charge in [0.05, 0.1) is 6.61 Å². The first-order valence-corrected chi connectivity index (χ1v) is 15.6. The summed E-state index contributed by atoms with van der Waals surface area (Å²) in [5, 5.41) is 0. The van der Waals surface area contributed by atoms with E-state index in [2.05, 4.69) is 54.5 Å². The fourth-order valence-corrected chi connectivity index (χ4v) is 9.30. The van der Waals surface area contributed by atoms with Crippen molar-refractivity contribution in [2.75, 3.05) is 6.61 Å². The largest absolute Gasteiger partial charge is 0.508 e. The van der Waals surface area contributed by atoms with E-state index in [0.717, 1.165) is 61.2 Å². The molecule has 3 nitrogen and oxygen atoms in total. The van der Waals surface area contributed by atoms with Crippen molar-refractivity contribution >= 4 is 6.16 Å². The maximum absolute atomic E-state index is 12.2. The zero-order chi connectivity index (χ0) is 26.1. The summed E-state index contributed by atoms with van der Waals surface area (Å²) in [6, 6.07) is 0. The van der Waals surface area contributed by atoms with Gasteiger partial charge in [-0.2, -0.15) is 0 Å². The highest BCUT2D eigenvalue weighted by Gasteiger charge is 2.59. The Morgan fingerprint density at radius 3 is 2.42 bits per heavy atom. The van der Waals surface area contributed by atoms with Crippen LogP contribution in [-0.4, -0.2) is 18.9 Å². The second kappa shape index (κ2) is 11.4. The van der Waals surface area contributed by atoms with E-state index in [-0.39, 0.29) is 6.10 Å². The standard InChI is InChI=1S/C33H56O3/c1-22(2)9-8-10-24(5)28-13-14-29-27-12-11-25-21-26(36-31(34)35-20-17-23(3)4)15-18-32(25,6)30(27)16-19-33(28,29)7/h11,22-24,26-30H,8-10,12-21H2,1-7H3/t24-,26+,27-,28+,29-,30-,32-,33+/m0/s1. The number of rotatable bonds is 9. The van der Waals surface area contributed by atoms with Crippen LogP contribution in [0.2, 0.25) is 0 Å². The molecule has 4 aliphatic rings. The number of ether oxygens (including phenoxy) is 2. The molecule has 4 aliphatic carbocycles. The third-order valence-electron chi connectivity index (χ3n) is 11.4. The topological polar surface area (TPSA) is 35.5 Å². The molecule has 0 saturated heterocycles. The van der Waals surface area contributed by atoms with Gasteiger partial charge in [0.15, 0.2) is 0 Å². The molecule has 0 spiro atoms. The number of carbonyl (C=O) groups is 1. The Bertz CT molecular complexity index is 784. The molecule has 3 saturated carbocycles. The lowest BCUT2D eigenvalue weighted by atomic mass is 9.47. The molecular formula is C33H56O3. The molecule has 0 amide bonds. The summed E-state index contributed by atoms with van der Waals surface area (Å²) in [5.74, 6) is 5.71. The minimum atomic E-state index is -0.466. The van der Waals surface area contributed by atoms with Gasteiger partial charge in [-0.25, -0.2) is 4.79 Å². The van der Waals surface area contributed by atoms with Gasteiger partial charge < -0.3 is 9.47 Å². The van der Waals surface area contributed by atoms with Crippen molar-refractivity contribution in [1.82, 2.24) is 0 Å². The fraction of sp³-hybridized carbons (Fsp3) is 0.909. The van der Waals surface area contributed by atoms with Crippen molar-refractivity contribution in [1.29, 1.82) is 0 Å². The van der Waals surface area contributed by atoms with Crippen molar-refractivity contribution < 1.29 is 14.3 Å². The SMILES string of the molecule is CC(C)CCC[C@H](C)[C@H]1CC[C@H]2[C@@H]3CC=C4C[C@H](OC(=O)OCCC(C)C)CC[C@]4(C)[C@H]3CC[C@]12C. The van der Waals surface area contributed by atoms with E-state index in [1.54, 1.807) is 5.57 Å². The van der Waals surface area contributed by atoms with Crippen LogP contribution in [0.4, 0.5) is 4.79 Å². The quantitative estimate of drug-likeness (QED) is 0.233. The summed E-state index contributed by atoms with van der Waals surface area (Å²) in [5.41, 5.74) is 2.42. The van der Waals surface area contributed by atoms with Crippen molar-refractivity contribution in [3.63, 3.8) is 0 Å². The molecule has 0 bridgehead atoms. The molecule has 0 unspecified atom stereocenters. The van der Waals surface area contributed by atoms with E-state index >= 15 is 0 Å². The Morgan fingerprint density at radius 1 is 0.944 bits per heavy atom.